The molecule has 3 rings (SSSR count). The molecule has 0 fully saturated rings. The summed E-state index contributed by atoms with van der Waals surface area (Å²) in [6.45, 7) is 11.0. The maximum Gasteiger partial charge on any atom is 0.181 e. The van der Waals surface area contributed by atoms with Crippen LogP contribution in [0.4, 0.5) is 5.69 Å². The van der Waals surface area contributed by atoms with Crippen molar-refractivity contribution in [2.75, 3.05) is 4.90 Å². The molecular weight excluding hydrogens is 282 g/mol. The smallest absolute Gasteiger partial charge is 0.181 e. The molecule has 0 spiro atoms. The van der Waals surface area contributed by atoms with E-state index in [0.29, 0.717) is 0 Å². The predicted octanol–water partition coefficient (Wildman–Crippen LogP) is 5.59. The summed E-state index contributed by atoms with van der Waals surface area (Å²) in [7, 11) is 0. The number of allylic oxidation sites excluding steroid dienone is 1. The van der Waals surface area contributed by atoms with Crippen molar-refractivity contribution in [1.82, 2.24) is 0 Å². The predicted molar refractivity (Wildman–Crippen MR) is 97.0 cm³/mol. The monoisotopic (exact) mass is 307 g/mol. The summed E-state index contributed by atoms with van der Waals surface area (Å²) in [5, 5.41) is 0. The van der Waals surface area contributed by atoms with Gasteiger partial charge in [-0.05, 0) is 25.5 Å². The zero-order valence-electron chi connectivity index (χ0n) is 14.6. The Labute approximate surface area is 139 Å². The lowest BCUT2D eigenvalue weighted by Gasteiger charge is -2.36. The molecule has 0 N–H and O–H groups in total. The van der Waals surface area contributed by atoms with Crippen LogP contribution < -0.4 is 4.90 Å². The number of ether oxygens (including phenoxy) is 1. The zero-order valence-corrected chi connectivity index (χ0v) is 14.6. The van der Waals surface area contributed by atoms with Crippen LogP contribution in [0.25, 0.3) is 5.76 Å². The molecule has 1 atom stereocenters. The van der Waals surface area contributed by atoms with Gasteiger partial charge in [-0.1, -0.05) is 69.3 Å². The molecule has 0 radical (unpaired) electrons. The maximum atomic E-state index is 6.45. The van der Waals surface area contributed by atoms with Crippen molar-refractivity contribution in [2.24, 2.45) is 5.41 Å². The second-order valence-corrected chi connectivity index (χ2v) is 7.27. The molecule has 2 heteroatoms. The average molecular weight is 307 g/mol. The number of para-hydroxylation sites is 1. The molecule has 1 heterocycles. The first kappa shape index (κ1) is 15.7. The van der Waals surface area contributed by atoms with E-state index in [1.165, 1.54) is 16.9 Å². The lowest BCUT2D eigenvalue weighted by Crippen LogP contribution is -2.41. The van der Waals surface area contributed by atoms with E-state index in [2.05, 4.69) is 88.0 Å². The molecular formula is C21H25NO. The van der Waals surface area contributed by atoms with Crippen LogP contribution in [-0.2, 0) is 4.74 Å². The summed E-state index contributed by atoms with van der Waals surface area (Å²) in [6, 6.07) is 18.9. The van der Waals surface area contributed by atoms with Crippen molar-refractivity contribution in [3.8, 4) is 0 Å². The molecule has 2 nitrogen and oxygen atoms in total. The van der Waals surface area contributed by atoms with Gasteiger partial charge in [-0.3, -0.25) is 0 Å². The van der Waals surface area contributed by atoms with Crippen molar-refractivity contribution in [2.45, 2.75) is 40.8 Å². The lowest BCUT2D eigenvalue weighted by molar-refractivity contribution is 0.0807. The van der Waals surface area contributed by atoms with Gasteiger partial charge in [0.05, 0.1) is 5.70 Å². The van der Waals surface area contributed by atoms with Crippen LogP contribution in [0.3, 0.4) is 0 Å². The minimum absolute atomic E-state index is 0.0000712. The van der Waals surface area contributed by atoms with E-state index in [0.717, 1.165) is 11.3 Å². The molecule has 0 amide bonds. The second-order valence-electron chi connectivity index (χ2n) is 7.27. The third kappa shape index (κ3) is 2.86. The number of benzene rings is 2. The molecule has 120 valence electrons. The fourth-order valence-electron chi connectivity index (χ4n) is 3.11. The normalized spacial score (nSPS) is 18.3. The highest BCUT2D eigenvalue weighted by Gasteiger charge is 2.40. The minimum Gasteiger partial charge on any atom is -0.467 e. The van der Waals surface area contributed by atoms with E-state index < -0.39 is 0 Å². The van der Waals surface area contributed by atoms with Crippen LogP contribution in [-0.4, -0.2) is 6.23 Å². The van der Waals surface area contributed by atoms with Crippen molar-refractivity contribution >= 4 is 11.4 Å². The van der Waals surface area contributed by atoms with E-state index in [1.54, 1.807) is 0 Å². The Morgan fingerprint density at radius 3 is 2.09 bits per heavy atom. The zero-order chi connectivity index (χ0) is 16.6. The number of hydrogen-bond donors (Lipinski definition) is 0. The number of anilines is 1. The Kier molecular flexibility index (Phi) is 3.93. The Balaban J connectivity index is 2.12. The largest absolute Gasteiger partial charge is 0.467 e. The minimum atomic E-state index is -0.0150. The summed E-state index contributed by atoms with van der Waals surface area (Å²) in [5.74, 6) is 0.980. The SMILES string of the molecule is CC1=C(c2ccccc2)OC(C(C)(C)C)N1c1ccccc1C. The van der Waals surface area contributed by atoms with Crippen LogP contribution in [0.15, 0.2) is 60.3 Å². The third-order valence-electron chi connectivity index (χ3n) is 4.31. The topological polar surface area (TPSA) is 12.5 Å². The Bertz CT molecular complexity index is 725. The van der Waals surface area contributed by atoms with Crippen molar-refractivity contribution < 1.29 is 4.74 Å². The van der Waals surface area contributed by atoms with Crippen LogP contribution in [0.5, 0.6) is 0 Å². The fourth-order valence-corrected chi connectivity index (χ4v) is 3.11. The summed E-state index contributed by atoms with van der Waals surface area (Å²) < 4.78 is 6.45. The maximum absolute atomic E-state index is 6.45. The quantitative estimate of drug-likeness (QED) is 0.717. The Morgan fingerprint density at radius 2 is 1.48 bits per heavy atom. The number of rotatable bonds is 2. The third-order valence-corrected chi connectivity index (χ3v) is 4.31. The molecule has 2 aromatic rings. The first-order chi connectivity index (χ1) is 10.9. The highest BCUT2D eigenvalue weighted by atomic mass is 16.5. The molecule has 1 unspecified atom stereocenters. The van der Waals surface area contributed by atoms with Gasteiger partial charge >= 0.3 is 0 Å². The summed E-state index contributed by atoms with van der Waals surface area (Å²) >= 11 is 0. The Morgan fingerprint density at radius 1 is 0.870 bits per heavy atom. The van der Waals surface area contributed by atoms with Crippen molar-refractivity contribution in [1.29, 1.82) is 0 Å². The summed E-state index contributed by atoms with van der Waals surface area (Å²) in [5.41, 5.74) is 4.79. The summed E-state index contributed by atoms with van der Waals surface area (Å²) in [4.78, 5) is 2.34. The fraction of sp³-hybridized carbons (Fsp3) is 0.333. The van der Waals surface area contributed by atoms with E-state index >= 15 is 0 Å². The highest BCUT2D eigenvalue weighted by Crippen LogP contribution is 2.43. The van der Waals surface area contributed by atoms with Crippen molar-refractivity contribution in [3.63, 3.8) is 0 Å². The number of hydrogen-bond acceptors (Lipinski definition) is 2. The Hall–Kier alpha value is -2.22. The van der Waals surface area contributed by atoms with Crippen LogP contribution >= 0.6 is 0 Å². The van der Waals surface area contributed by atoms with Gasteiger partial charge in [0, 0.05) is 16.7 Å². The molecule has 0 bridgehead atoms. The number of nitrogens with zero attached hydrogens (tertiary/aromatic N) is 1. The second kappa shape index (κ2) is 5.77. The molecule has 1 aliphatic rings. The molecule has 0 aromatic heterocycles. The van der Waals surface area contributed by atoms with Gasteiger partial charge < -0.3 is 9.64 Å². The standard InChI is InChI=1S/C21H25NO/c1-15-11-9-10-14-18(15)22-16(2)19(17-12-7-6-8-13-17)23-20(22)21(3,4)5/h6-14,20H,1-5H3. The number of aryl methyl sites for hydroxylation is 1. The lowest BCUT2D eigenvalue weighted by atomic mass is 9.92. The molecule has 0 aliphatic carbocycles. The molecule has 2 aromatic carbocycles. The highest BCUT2D eigenvalue weighted by molar-refractivity contribution is 5.73. The van der Waals surface area contributed by atoms with E-state index in [1.807, 2.05) is 6.07 Å². The van der Waals surface area contributed by atoms with Gasteiger partial charge in [-0.15, -0.1) is 0 Å². The van der Waals surface area contributed by atoms with Crippen LogP contribution in [0, 0.1) is 12.3 Å². The van der Waals surface area contributed by atoms with E-state index in [4.69, 9.17) is 4.74 Å². The molecule has 0 saturated heterocycles. The first-order valence-corrected chi connectivity index (χ1v) is 8.17. The van der Waals surface area contributed by atoms with Gasteiger partial charge in [-0.25, -0.2) is 0 Å². The van der Waals surface area contributed by atoms with Crippen LogP contribution in [0.2, 0.25) is 0 Å². The van der Waals surface area contributed by atoms with Gasteiger partial charge in [0.25, 0.3) is 0 Å². The van der Waals surface area contributed by atoms with Gasteiger partial charge in [-0.2, -0.15) is 0 Å². The van der Waals surface area contributed by atoms with Gasteiger partial charge in [0.1, 0.15) is 5.76 Å². The molecule has 23 heavy (non-hydrogen) atoms. The average Bonchev–Trinajstić information content (AvgIpc) is 2.86. The van der Waals surface area contributed by atoms with Gasteiger partial charge in [0.15, 0.2) is 6.23 Å². The molecule has 1 aliphatic heterocycles. The molecule has 0 saturated carbocycles. The van der Waals surface area contributed by atoms with Crippen LogP contribution in [0.1, 0.15) is 38.8 Å². The van der Waals surface area contributed by atoms with Crippen molar-refractivity contribution in [3.05, 3.63) is 71.4 Å². The first-order valence-electron chi connectivity index (χ1n) is 8.17. The van der Waals surface area contributed by atoms with Gasteiger partial charge in [0.2, 0.25) is 0 Å². The van der Waals surface area contributed by atoms with E-state index in [-0.39, 0.29) is 11.6 Å². The van der Waals surface area contributed by atoms with E-state index in [9.17, 15) is 0 Å². The summed E-state index contributed by atoms with van der Waals surface area (Å²) in [6.07, 6.45) is -0.0150.